The molecular formula is C16H20N2O3. The Morgan fingerprint density at radius 3 is 2.86 bits per heavy atom. The lowest BCUT2D eigenvalue weighted by Crippen LogP contribution is -2.32. The van der Waals surface area contributed by atoms with Gasteiger partial charge in [-0.2, -0.15) is 5.48 Å². The number of benzene rings is 1. The molecule has 3 rings (SSSR count). The summed E-state index contributed by atoms with van der Waals surface area (Å²) in [7, 11) is 0. The molecule has 2 aliphatic rings. The number of likely N-dealkylation sites (tertiary alicyclic amines) is 1. The Bertz CT molecular complexity index is 575. The van der Waals surface area contributed by atoms with Crippen LogP contribution >= 0.6 is 0 Å². The molecule has 1 fully saturated rings. The first-order chi connectivity index (χ1) is 10.1. The highest BCUT2D eigenvalue weighted by molar-refractivity contribution is 5.92. The van der Waals surface area contributed by atoms with Gasteiger partial charge in [0.05, 0.1) is 0 Å². The lowest BCUT2D eigenvalue weighted by Gasteiger charge is -2.30. The van der Waals surface area contributed by atoms with Crippen molar-refractivity contribution in [1.29, 1.82) is 0 Å². The number of fused-ring (bicyclic) bond motifs is 1. The Morgan fingerprint density at radius 1 is 1.33 bits per heavy atom. The number of nitrogens with zero attached hydrogens (tertiary/aromatic N) is 1. The molecule has 1 aromatic carbocycles. The summed E-state index contributed by atoms with van der Waals surface area (Å²) in [6.07, 6.45) is 5.42. The highest BCUT2D eigenvalue weighted by Crippen LogP contribution is 2.36. The minimum absolute atomic E-state index is 0.109. The Balaban J connectivity index is 1.79. The zero-order chi connectivity index (χ0) is 14.8. The van der Waals surface area contributed by atoms with Crippen molar-refractivity contribution < 1.29 is 14.7 Å². The van der Waals surface area contributed by atoms with Crippen LogP contribution in [0.1, 0.15) is 30.9 Å². The van der Waals surface area contributed by atoms with E-state index in [1.54, 1.807) is 6.08 Å². The second kappa shape index (κ2) is 5.77. The average Bonchev–Trinajstić information content (AvgIpc) is 2.67. The number of carbonyl (C=O) groups excluding carboxylic acids is 1. The van der Waals surface area contributed by atoms with Gasteiger partial charge in [0.2, 0.25) is 5.75 Å². The average molecular weight is 288 g/mol. The van der Waals surface area contributed by atoms with Crippen LogP contribution in [0.2, 0.25) is 0 Å². The largest absolute Gasteiger partial charge is 0.504 e. The van der Waals surface area contributed by atoms with Crippen LogP contribution in [0.15, 0.2) is 18.2 Å². The molecule has 1 aromatic rings. The molecule has 0 spiro atoms. The summed E-state index contributed by atoms with van der Waals surface area (Å²) in [6.45, 7) is 5.08. The van der Waals surface area contributed by atoms with Gasteiger partial charge in [-0.25, -0.2) is 0 Å². The molecular weight excluding hydrogens is 268 g/mol. The van der Waals surface area contributed by atoms with Crippen LogP contribution in [0, 0.1) is 5.92 Å². The summed E-state index contributed by atoms with van der Waals surface area (Å²) < 4.78 is 0. The van der Waals surface area contributed by atoms with Crippen LogP contribution in [0.5, 0.6) is 11.5 Å². The third kappa shape index (κ3) is 3.03. The number of nitrogens with one attached hydrogen (secondary N) is 1. The molecule has 2 heterocycles. The molecule has 0 aliphatic carbocycles. The van der Waals surface area contributed by atoms with E-state index in [0.717, 1.165) is 24.6 Å². The van der Waals surface area contributed by atoms with Gasteiger partial charge in [-0.15, -0.1) is 0 Å². The zero-order valence-electron chi connectivity index (χ0n) is 12.1. The highest BCUT2D eigenvalue weighted by Gasteiger charge is 2.20. The predicted octanol–water partition coefficient (Wildman–Crippen LogP) is 2.06. The van der Waals surface area contributed by atoms with E-state index in [4.69, 9.17) is 4.84 Å². The number of hydrogen-bond donors (Lipinski definition) is 2. The minimum Gasteiger partial charge on any atom is -0.504 e. The van der Waals surface area contributed by atoms with Crippen molar-refractivity contribution in [1.82, 2.24) is 10.4 Å². The van der Waals surface area contributed by atoms with Crippen LogP contribution < -0.4 is 10.3 Å². The Morgan fingerprint density at radius 2 is 2.10 bits per heavy atom. The second-order valence-corrected chi connectivity index (χ2v) is 5.85. The van der Waals surface area contributed by atoms with Gasteiger partial charge in [0.15, 0.2) is 5.75 Å². The van der Waals surface area contributed by atoms with Gasteiger partial charge in [0.25, 0.3) is 5.91 Å². The van der Waals surface area contributed by atoms with Crippen LogP contribution in [0.25, 0.3) is 6.08 Å². The first-order valence-electron chi connectivity index (χ1n) is 7.35. The molecule has 1 amide bonds. The maximum absolute atomic E-state index is 11.3. The molecule has 0 saturated carbocycles. The minimum atomic E-state index is -0.336. The molecule has 1 saturated heterocycles. The highest BCUT2D eigenvalue weighted by atomic mass is 16.7. The lowest BCUT2D eigenvalue weighted by molar-refractivity contribution is -0.122. The fourth-order valence-corrected chi connectivity index (χ4v) is 2.76. The van der Waals surface area contributed by atoms with E-state index in [9.17, 15) is 9.90 Å². The van der Waals surface area contributed by atoms with Crippen molar-refractivity contribution in [3.05, 3.63) is 29.3 Å². The summed E-state index contributed by atoms with van der Waals surface area (Å²) in [5.41, 5.74) is 3.80. The van der Waals surface area contributed by atoms with E-state index >= 15 is 0 Å². The standard InChI is InChI=1S/C16H20N2O3/c1-11-6-8-18(9-7-11)10-13-3-2-12-4-5-14(19)17-21-16(12)15(13)20/h2-5,11,20H,6-10H2,1H3,(H,17,19). The number of phenolic OH excluding ortho intramolecular Hbond substituents is 1. The van der Waals surface area contributed by atoms with Gasteiger partial charge in [-0.3, -0.25) is 9.69 Å². The van der Waals surface area contributed by atoms with Crippen molar-refractivity contribution in [3.63, 3.8) is 0 Å². The SMILES string of the molecule is CC1CCN(Cc2ccc3c(c2O)ONC(=O)C=C3)CC1. The number of rotatable bonds is 2. The van der Waals surface area contributed by atoms with Gasteiger partial charge < -0.3 is 9.94 Å². The van der Waals surface area contributed by atoms with Crippen molar-refractivity contribution in [2.24, 2.45) is 5.92 Å². The van der Waals surface area contributed by atoms with Crippen molar-refractivity contribution in [2.45, 2.75) is 26.3 Å². The second-order valence-electron chi connectivity index (χ2n) is 5.85. The Labute approximate surface area is 124 Å². The predicted molar refractivity (Wildman–Crippen MR) is 79.6 cm³/mol. The quantitative estimate of drug-likeness (QED) is 0.874. The summed E-state index contributed by atoms with van der Waals surface area (Å²) in [5.74, 6) is 0.876. The van der Waals surface area contributed by atoms with Crippen molar-refractivity contribution >= 4 is 12.0 Å². The number of aromatic hydroxyl groups is 1. The number of amides is 1. The molecule has 2 N–H and O–H groups in total. The summed E-state index contributed by atoms with van der Waals surface area (Å²) >= 11 is 0. The molecule has 5 nitrogen and oxygen atoms in total. The normalized spacial score (nSPS) is 19.6. The summed E-state index contributed by atoms with van der Waals surface area (Å²) in [6, 6.07) is 3.77. The van der Waals surface area contributed by atoms with E-state index in [0.29, 0.717) is 17.9 Å². The monoisotopic (exact) mass is 288 g/mol. The summed E-state index contributed by atoms with van der Waals surface area (Å²) in [5, 5.41) is 10.4. The molecule has 5 heteroatoms. The van der Waals surface area contributed by atoms with Gasteiger partial charge in [-0.1, -0.05) is 19.1 Å². The Kier molecular flexibility index (Phi) is 3.84. The van der Waals surface area contributed by atoms with Gasteiger partial charge >= 0.3 is 0 Å². The number of phenols is 1. The first-order valence-corrected chi connectivity index (χ1v) is 7.35. The van der Waals surface area contributed by atoms with E-state index < -0.39 is 0 Å². The van der Waals surface area contributed by atoms with Crippen LogP contribution in [0.3, 0.4) is 0 Å². The maximum atomic E-state index is 11.3. The van der Waals surface area contributed by atoms with E-state index in [2.05, 4.69) is 17.3 Å². The molecule has 2 aliphatic heterocycles. The molecule has 0 unspecified atom stereocenters. The first kappa shape index (κ1) is 13.9. The molecule has 112 valence electrons. The fraction of sp³-hybridized carbons (Fsp3) is 0.438. The third-order valence-electron chi connectivity index (χ3n) is 4.18. The fourth-order valence-electron chi connectivity index (χ4n) is 2.76. The number of hydrogen-bond acceptors (Lipinski definition) is 4. The smallest absolute Gasteiger partial charge is 0.276 e. The summed E-state index contributed by atoms with van der Waals surface area (Å²) in [4.78, 5) is 18.8. The molecule has 0 atom stereocenters. The van der Waals surface area contributed by atoms with Crippen LogP contribution in [0.4, 0.5) is 0 Å². The van der Waals surface area contributed by atoms with E-state index in [1.807, 2.05) is 12.1 Å². The van der Waals surface area contributed by atoms with Crippen molar-refractivity contribution in [3.8, 4) is 11.5 Å². The van der Waals surface area contributed by atoms with Gasteiger partial charge in [-0.05, 0) is 37.9 Å². The number of piperidine rings is 1. The number of carbonyl (C=O) groups is 1. The van der Waals surface area contributed by atoms with Gasteiger partial charge in [0.1, 0.15) is 0 Å². The molecule has 0 aromatic heterocycles. The molecule has 0 radical (unpaired) electrons. The topological polar surface area (TPSA) is 61.8 Å². The number of hydroxylamine groups is 1. The Hall–Kier alpha value is -2.01. The lowest BCUT2D eigenvalue weighted by atomic mass is 9.98. The molecule has 21 heavy (non-hydrogen) atoms. The molecule has 0 bridgehead atoms. The zero-order valence-corrected chi connectivity index (χ0v) is 12.1. The van der Waals surface area contributed by atoms with Gasteiger partial charge in [0, 0.05) is 23.7 Å². The van der Waals surface area contributed by atoms with Crippen LogP contribution in [-0.2, 0) is 11.3 Å². The third-order valence-corrected chi connectivity index (χ3v) is 4.18. The van der Waals surface area contributed by atoms with Crippen LogP contribution in [-0.4, -0.2) is 29.0 Å². The van der Waals surface area contributed by atoms with E-state index in [-0.39, 0.29) is 11.7 Å². The maximum Gasteiger partial charge on any atom is 0.276 e. The van der Waals surface area contributed by atoms with E-state index in [1.165, 1.54) is 18.9 Å². The van der Waals surface area contributed by atoms with Crippen molar-refractivity contribution in [2.75, 3.05) is 13.1 Å².